The van der Waals surface area contributed by atoms with E-state index in [1.165, 1.54) is 9.47 Å². The van der Waals surface area contributed by atoms with Gasteiger partial charge in [-0.1, -0.05) is 20.3 Å². The largest absolute Gasteiger partial charge is 0.497 e. The quantitative estimate of drug-likeness (QED) is 0.392. The van der Waals surface area contributed by atoms with Gasteiger partial charge in [-0.25, -0.2) is 4.79 Å². The zero-order valence-corrected chi connectivity index (χ0v) is 20.0. The van der Waals surface area contributed by atoms with Crippen LogP contribution < -0.4 is 37.3 Å². The number of hydrogen-bond donors (Lipinski definition) is 3. The first-order valence-electron chi connectivity index (χ1n) is 11.3. The van der Waals surface area contributed by atoms with Crippen molar-refractivity contribution in [1.82, 2.24) is 9.55 Å². The highest BCUT2D eigenvalue weighted by molar-refractivity contribution is 5.98. The molecule has 0 aliphatic heterocycles. The van der Waals surface area contributed by atoms with E-state index in [1.807, 2.05) is 13.8 Å². The lowest BCUT2D eigenvalue weighted by Crippen LogP contribution is -2.46. The van der Waals surface area contributed by atoms with Crippen molar-refractivity contribution in [3.8, 4) is 5.75 Å². The predicted octanol–water partition coefficient (Wildman–Crippen LogP) is 1.05. The third kappa shape index (κ3) is 6.63. The number of hydrogen-bond acceptors (Lipinski definition) is 7. The molecule has 0 fully saturated rings. The number of unbranched alkanes of at least 4 members (excludes halogenated alkanes) is 1. The molecule has 5 N–H and O–H groups in total. The second kappa shape index (κ2) is 12.5. The molecule has 0 aliphatic rings. The van der Waals surface area contributed by atoms with Gasteiger partial charge in [0.1, 0.15) is 11.6 Å². The Morgan fingerprint density at radius 3 is 2.32 bits per heavy atom. The fraction of sp³-hybridized carbons (Fsp3) is 0.478. The van der Waals surface area contributed by atoms with Crippen LogP contribution in [0.1, 0.15) is 39.5 Å². The molecule has 0 saturated heterocycles. The minimum atomic E-state index is -0.715. The highest BCUT2D eigenvalue weighted by Crippen LogP contribution is 2.22. The summed E-state index contributed by atoms with van der Waals surface area (Å²) in [5.74, 6) is -0.297. The molecule has 1 aromatic carbocycles. The zero-order valence-electron chi connectivity index (χ0n) is 20.0. The van der Waals surface area contributed by atoms with Crippen molar-refractivity contribution in [3.63, 3.8) is 0 Å². The number of amides is 2. The van der Waals surface area contributed by atoms with Crippen LogP contribution >= 0.6 is 0 Å². The fourth-order valence-corrected chi connectivity index (χ4v) is 3.55. The molecule has 0 aliphatic carbocycles. The Morgan fingerprint density at radius 1 is 1.09 bits per heavy atom. The van der Waals surface area contributed by atoms with Gasteiger partial charge in [-0.3, -0.25) is 23.9 Å². The SMILES string of the molecule is CCCCN(C(=O)CN(CCC(N)=O)c1ccc(OC)cc1)c1c(N)n(CCC)c(=O)[nH]c1=O. The van der Waals surface area contributed by atoms with Gasteiger partial charge in [0.25, 0.3) is 5.56 Å². The number of carbonyl (C=O) groups excluding carboxylic acids is 2. The third-order valence-electron chi connectivity index (χ3n) is 5.36. The molecule has 11 heteroatoms. The molecule has 0 radical (unpaired) electrons. The molecule has 11 nitrogen and oxygen atoms in total. The normalized spacial score (nSPS) is 10.7. The van der Waals surface area contributed by atoms with Gasteiger partial charge in [0.2, 0.25) is 11.8 Å². The molecule has 1 aromatic heterocycles. The van der Waals surface area contributed by atoms with Gasteiger partial charge in [0, 0.05) is 31.7 Å². The average Bonchev–Trinajstić information content (AvgIpc) is 2.81. The van der Waals surface area contributed by atoms with Crippen molar-refractivity contribution >= 4 is 29.0 Å². The van der Waals surface area contributed by atoms with Crippen LogP contribution in [0, 0.1) is 0 Å². The second-order valence-corrected chi connectivity index (χ2v) is 7.88. The van der Waals surface area contributed by atoms with Crippen LogP contribution in [0.15, 0.2) is 33.9 Å². The lowest BCUT2D eigenvalue weighted by Gasteiger charge is -2.29. The lowest BCUT2D eigenvalue weighted by atomic mass is 10.2. The Morgan fingerprint density at radius 2 is 1.76 bits per heavy atom. The number of aromatic amines is 1. The number of nitrogens with two attached hydrogens (primary N) is 2. The molecule has 0 unspecified atom stereocenters. The van der Waals surface area contributed by atoms with Crippen LogP contribution in [0.5, 0.6) is 5.75 Å². The Balaban J connectivity index is 2.46. The summed E-state index contributed by atoms with van der Waals surface area (Å²) in [5.41, 5.74) is 10.9. The smallest absolute Gasteiger partial charge is 0.330 e. The Hall–Kier alpha value is -3.76. The topological polar surface area (TPSA) is 157 Å². The van der Waals surface area contributed by atoms with Gasteiger partial charge >= 0.3 is 5.69 Å². The number of nitrogens with one attached hydrogen (secondary N) is 1. The molecule has 0 atom stereocenters. The Bertz CT molecular complexity index is 1090. The number of ether oxygens (including phenoxy) is 1. The van der Waals surface area contributed by atoms with Crippen molar-refractivity contribution < 1.29 is 14.3 Å². The van der Waals surface area contributed by atoms with Gasteiger partial charge in [0.05, 0.1) is 13.7 Å². The van der Waals surface area contributed by atoms with E-state index in [-0.39, 0.29) is 37.6 Å². The first-order chi connectivity index (χ1) is 16.2. The van der Waals surface area contributed by atoms with E-state index in [1.54, 1.807) is 36.3 Å². The number of methoxy groups -OCH3 is 1. The lowest BCUT2D eigenvalue weighted by molar-refractivity contribution is -0.119. The van der Waals surface area contributed by atoms with E-state index in [4.69, 9.17) is 16.2 Å². The van der Waals surface area contributed by atoms with Crippen molar-refractivity contribution in [2.45, 2.75) is 46.1 Å². The van der Waals surface area contributed by atoms with E-state index in [9.17, 15) is 19.2 Å². The number of H-pyrrole nitrogens is 1. The summed E-state index contributed by atoms with van der Waals surface area (Å²) in [7, 11) is 1.55. The van der Waals surface area contributed by atoms with Crippen LogP contribution in [0.25, 0.3) is 0 Å². The van der Waals surface area contributed by atoms with Gasteiger partial charge in [-0.15, -0.1) is 0 Å². The molecule has 0 saturated carbocycles. The average molecular weight is 475 g/mol. The molecular weight excluding hydrogens is 440 g/mol. The number of anilines is 3. The van der Waals surface area contributed by atoms with Gasteiger partial charge in [-0.2, -0.15) is 0 Å². The molecule has 2 aromatic rings. The van der Waals surface area contributed by atoms with E-state index >= 15 is 0 Å². The minimum Gasteiger partial charge on any atom is -0.497 e. The third-order valence-corrected chi connectivity index (χ3v) is 5.36. The maximum Gasteiger partial charge on any atom is 0.330 e. The van der Waals surface area contributed by atoms with Crippen LogP contribution in [-0.2, 0) is 16.1 Å². The molecule has 1 heterocycles. The number of carbonyl (C=O) groups is 2. The van der Waals surface area contributed by atoms with Crippen molar-refractivity contribution in [2.24, 2.45) is 5.73 Å². The van der Waals surface area contributed by atoms with Crippen molar-refractivity contribution in [2.75, 3.05) is 42.3 Å². The molecule has 186 valence electrons. The molecule has 0 bridgehead atoms. The summed E-state index contributed by atoms with van der Waals surface area (Å²) < 4.78 is 6.45. The summed E-state index contributed by atoms with van der Waals surface area (Å²) in [6, 6.07) is 7.03. The fourth-order valence-electron chi connectivity index (χ4n) is 3.55. The van der Waals surface area contributed by atoms with Gasteiger partial charge in [-0.05, 0) is 37.1 Å². The summed E-state index contributed by atoms with van der Waals surface area (Å²) in [5, 5.41) is 0. The Labute approximate surface area is 198 Å². The van der Waals surface area contributed by atoms with Crippen LogP contribution in [-0.4, -0.2) is 48.1 Å². The Kier molecular flexibility index (Phi) is 9.72. The number of aromatic nitrogens is 2. The predicted molar refractivity (Wildman–Crippen MR) is 132 cm³/mol. The van der Waals surface area contributed by atoms with Crippen LogP contribution in [0.3, 0.4) is 0 Å². The monoisotopic (exact) mass is 474 g/mol. The summed E-state index contributed by atoms with van der Waals surface area (Å²) in [4.78, 5) is 55.2. The minimum absolute atomic E-state index is 0.0400. The van der Waals surface area contributed by atoms with Gasteiger partial charge in [0.15, 0.2) is 5.69 Å². The van der Waals surface area contributed by atoms with Crippen molar-refractivity contribution in [1.29, 1.82) is 0 Å². The number of nitrogen functional groups attached to an aromatic ring is 1. The van der Waals surface area contributed by atoms with Crippen molar-refractivity contribution in [3.05, 3.63) is 45.1 Å². The summed E-state index contributed by atoms with van der Waals surface area (Å²) in [6.07, 6.45) is 2.07. The maximum atomic E-state index is 13.5. The molecule has 0 spiro atoms. The number of rotatable bonds is 13. The van der Waals surface area contributed by atoms with Crippen LogP contribution in [0.4, 0.5) is 17.2 Å². The molecular formula is C23H34N6O5. The van der Waals surface area contributed by atoms with Gasteiger partial charge < -0.3 is 26.0 Å². The van der Waals surface area contributed by atoms with E-state index in [0.717, 1.165) is 6.42 Å². The number of primary amides is 1. The molecule has 34 heavy (non-hydrogen) atoms. The highest BCUT2D eigenvalue weighted by Gasteiger charge is 2.25. The molecule has 2 amide bonds. The maximum absolute atomic E-state index is 13.5. The summed E-state index contributed by atoms with van der Waals surface area (Å²) >= 11 is 0. The van der Waals surface area contributed by atoms with E-state index < -0.39 is 23.1 Å². The second-order valence-electron chi connectivity index (χ2n) is 7.88. The first kappa shape index (κ1) is 26.5. The zero-order chi connectivity index (χ0) is 25.3. The highest BCUT2D eigenvalue weighted by atomic mass is 16.5. The summed E-state index contributed by atoms with van der Waals surface area (Å²) in [6.45, 7) is 4.47. The standard InChI is InChI=1S/C23H34N6O5/c1-4-6-13-28(20-21(25)29(12-5-2)23(33)26-22(20)32)19(31)15-27(14-11-18(24)30)16-7-9-17(34-3)10-8-16/h7-10H,4-6,11-15,25H2,1-3H3,(H2,24,30)(H,26,32,33). The number of nitrogens with zero attached hydrogens (tertiary/aromatic N) is 3. The van der Waals surface area contributed by atoms with Crippen LogP contribution in [0.2, 0.25) is 0 Å². The first-order valence-corrected chi connectivity index (χ1v) is 11.3. The molecule has 2 rings (SSSR count). The number of benzene rings is 1. The van der Waals surface area contributed by atoms with E-state index in [0.29, 0.717) is 30.8 Å². The van der Waals surface area contributed by atoms with E-state index in [2.05, 4.69) is 4.98 Å².